The summed E-state index contributed by atoms with van der Waals surface area (Å²) in [6.07, 6.45) is 14.9. The first-order chi connectivity index (χ1) is 10.4. The van der Waals surface area contributed by atoms with Crippen molar-refractivity contribution >= 4 is 0 Å². The van der Waals surface area contributed by atoms with Gasteiger partial charge in [-0.3, -0.25) is 0 Å². The van der Waals surface area contributed by atoms with Crippen LogP contribution in [0.2, 0.25) is 0 Å². The number of fused-ring (bicyclic) bond motifs is 4. The Bertz CT molecular complexity index is 490. The Morgan fingerprint density at radius 1 is 0.818 bits per heavy atom. The van der Waals surface area contributed by atoms with E-state index in [1.807, 2.05) is 0 Å². The monoisotopic (exact) mass is 302 g/mol. The van der Waals surface area contributed by atoms with Crippen molar-refractivity contribution in [3.05, 3.63) is 0 Å². The normalized spacial score (nSPS) is 58.8. The van der Waals surface area contributed by atoms with Crippen LogP contribution in [0.15, 0.2) is 0 Å². The van der Waals surface area contributed by atoms with Gasteiger partial charge in [0.15, 0.2) is 0 Å². The maximum atomic E-state index is 5.96. The summed E-state index contributed by atoms with van der Waals surface area (Å²) < 4.78 is 5.96. The molecule has 0 amide bonds. The maximum absolute atomic E-state index is 5.96. The lowest BCUT2D eigenvalue weighted by Gasteiger charge is -2.67. The molecule has 5 aliphatic rings. The van der Waals surface area contributed by atoms with Crippen LogP contribution in [0.3, 0.4) is 0 Å². The molecule has 2 spiro atoms. The second kappa shape index (κ2) is 4.13. The third-order valence-electron chi connectivity index (χ3n) is 9.50. The number of epoxide rings is 1. The van der Waals surface area contributed by atoms with Gasteiger partial charge in [-0.05, 0) is 91.8 Å². The van der Waals surface area contributed by atoms with E-state index in [9.17, 15) is 0 Å². The standard InChI is InChI=1S/C21H34O/c1-18(2)8-4-9-19(3)16(18)7-10-20-11-12-21(14-22-21)15(13-20)5-6-17(19)20/h15-17H,4-14H2,1-3H3/t15-,16-,17+,19-,20-,21-/m1/s1. The van der Waals surface area contributed by atoms with E-state index >= 15 is 0 Å². The minimum Gasteiger partial charge on any atom is -0.369 e. The molecule has 0 aromatic heterocycles. The predicted molar refractivity (Wildman–Crippen MR) is 89.6 cm³/mol. The zero-order valence-corrected chi connectivity index (χ0v) is 14.9. The highest BCUT2D eigenvalue weighted by Crippen LogP contribution is 2.72. The van der Waals surface area contributed by atoms with Crippen LogP contribution >= 0.6 is 0 Å². The summed E-state index contributed by atoms with van der Waals surface area (Å²) >= 11 is 0. The Kier molecular flexibility index (Phi) is 2.69. The highest BCUT2D eigenvalue weighted by Gasteiger charge is 2.66. The van der Waals surface area contributed by atoms with Crippen molar-refractivity contribution in [3.63, 3.8) is 0 Å². The number of rotatable bonds is 0. The summed E-state index contributed by atoms with van der Waals surface area (Å²) in [6.45, 7) is 8.95. The van der Waals surface area contributed by atoms with Crippen molar-refractivity contribution < 1.29 is 4.74 Å². The topological polar surface area (TPSA) is 12.5 Å². The van der Waals surface area contributed by atoms with E-state index in [2.05, 4.69) is 20.8 Å². The minimum atomic E-state index is 0.375. The van der Waals surface area contributed by atoms with Crippen molar-refractivity contribution in [1.82, 2.24) is 0 Å². The van der Waals surface area contributed by atoms with Crippen LogP contribution < -0.4 is 0 Å². The lowest BCUT2D eigenvalue weighted by Crippen LogP contribution is -2.59. The lowest BCUT2D eigenvalue weighted by atomic mass is 9.38. The molecule has 0 N–H and O–H groups in total. The van der Waals surface area contributed by atoms with Crippen LogP contribution in [-0.4, -0.2) is 12.2 Å². The SMILES string of the molecule is CC1(C)CCC[C@]2(C)[C@@H]1CC[C@]13CC[C@@]4(CO4)[C@H](CC[C@H]12)C3. The van der Waals surface area contributed by atoms with Gasteiger partial charge in [0.2, 0.25) is 0 Å². The van der Waals surface area contributed by atoms with Gasteiger partial charge in [0.25, 0.3) is 0 Å². The third-order valence-corrected chi connectivity index (χ3v) is 9.50. The van der Waals surface area contributed by atoms with E-state index in [0.717, 1.165) is 24.4 Å². The summed E-state index contributed by atoms with van der Waals surface area (Å²) in [5.74, 6) is 2.91. The van der Waals surface area contributed by atoms with Crippen LogP contribution in [0, 0.1) is 34.0 Å². The fourth-order valence-electron chi connectivity index (χ4n) is 8.44. The zero-order chi connectivity index (χ0) is 15.2. The Hall–Kier alpha value is -0.0400. The van der Waals surface area contributed by atoms with Gasteiger partial charge in [-0.25, -0.2) is 0 Å². The summed E-state index contributed by atoms with van der Waals surface area (Å²) in [7, 11) is 0. The largest absolute Gasteiger partial charge is 0.369 e. The molecule has 4 saturated carbocycles. The van der Waals surface area contributed by atoms with E-state index in [1.165, 1.54) is 64.2 Å². The van der Waals surface area contributed by atoms with E-state index < -0.39 is 0 Å². The predicted octanol–water partition coefficient (Wildman–Crippen LogP) is 5.58. The van der Waals surface area contributed by atoms with Crippen molar-refractivity contribution in [2.45, 2.75) is 90.6 Å². The second-order valence-electron chi connectivity index (χ2n) is 10.7. The molecule has 4 aliphatic carbocycles. The van der Waals surface area contributed by atoms with Crippen LogP contribution in [-0.2, 0) is 4.74 Å². The van der Waals surface area contributed by atoms with Crippen LogP contribution in [0.25, 0.3) is 0 Å². The molecule has 5 rings (SSSR count). The number of hydrogen-bond donors (Lipinski definition) is 0. The van der Waals surface area contributed by atoms with Gasteiger partial charge in [0.1, 0.15) is 0 Å². The summed E-state index contributed by atoms with van der Waals surface area (Å²) in [6, 6.07) is 0. The molecule has 5 fully saturated rings. The average molecular weight is 303 g/mol. The fourth-order valence-corrected chi connectivity index (χ4v) is 8.44. The van der Waals surface area contributed by atoms with Gasteiger partial charge >= 0.3 is 0 Å². The summed E-state index contributed by atoms with van der Waals surface area (Å²) in [5.41, 5.74) is 2.30. The van der Waals surface area contributed by atoms with Gasteiger partial charge < -0.3 is 4.74 Å². The molecular formula is C21H34O. The van der Waals surface area contributed by atoms with E-state index in [1.54, 1.807) is 0 Å². The van der Waals surface area contributed by atoms with Gasteiger partial charge in [-0.1, -0.05) is 27.2 Å². The van der Waals surface area contributed by atoms with Gasteiger partial charge in [0, 0.05) is 0 Å². The smallest absolute Gasteiger partial charge is 0.0944 e. The molecule has 1 heterocycles. The van der Waals surface area contributed by atoms with Gasteiger partial charge in [-0.15, -0.1) is 0 Å². The first-order valence-corrected chi connectivity index (χ1v) is 10.0. The Labute approximate surface area is 136 Å². The Morgan fingerprint density at radius 2 is 1.64 bits per heavy atom. The molecule has 1 saturated heterocycles. The quantitative estimate of drug-likeness (QED) is 0.532. The van der Waals surface area contributed by atoms with Gasteiger partial charge in [0.05, 0.1) is 12.2 Å². The number of hydrogen-bond acceptors (Lipinski definition) is 1. The molecule has 2 bridgehead atoms. The van der Waals surface area contributed by atoms with Crippen molar-refractivity contribution in [1.29, 1.82) is 0 Å². The molecule has 0 aromatic carbocycles. The maximum Gasteiger partial charge on any atom is 0.0944 e. The molecule has 0 unspecified atom stereocenters. The van der Waals surface area contributed by atoms with Gasteiger partial charge in [-0.2, -0.15) is 0 Å². The Morgan fingerprint density at radius 3 is 2.41 bits per heavy atom. The minimum absolute atomic E-state index is 0.375. The number of ether oxygens (including phenoxy) is 1. The molecule has 0 aromatic rings. The molecule has 6 atom stereocenters. The van der Waals surface area contributed by atoms with E-state index in [0.29, 0.717) is 21.8 Å². The molecule has 1 nitrogen and oxygen atoms in total. The highest BCUT2D eigenvalue weighted by atomic mass is 16.6. The average Bonchev–Trinajstić information content (AvgIpc) is 3.24. The summed E-state index contributed by atoms with van der Waals surface area (Å²) in [5, 5.41) is 0. The first kappa shape index (κ1) is 14.3. The highest BCUT2D eigenvalue weighted by molar-refractivity contribution is 5.15. The zero-order valence-electron chi connectivity index (χ0n) is 14.9. The van der Waals surface area contributed by atoms with Crippen LogP contribution in [0.4, 0.5) is 0 Å². The van der Waals surface area contributed by atoms with Crippen molar-refractivity contribution in [2.24, 2.45) is 34.0 Å². The first-order valence-electron chi connectivity index (χ1n) is 10.0. The van der Waals surface area contributed by atoms with Crippen molar-refractivity contribution in [3.8, 4) is 0 Å². The van der Waals surface area contributed by atoms with Crippen LogP contribution in [0.1, 0.15) is 85.0 Å². The fraction of sp³-hybridized carbons (Fsp3) is 1.00. The molecular weight excluding hydrogens is 268 g/mol. The third kappa shape index (κ3) is 1.65. The van der Waals surface area contributed by atoms with E-state index in [-0.39, 0.29) is 0 Å². The second-order valence-corrected chi connectivity index (χ2v) is 10.7. The lowest BCUT2D eigenvalue weighted by molar-refractivity contribution is -0.178. The molecule has 0 radical (unpaired) electrons. The van der Waals surface area contributed by atoms with E-state index in [4.69, 9.17) is 4.74 Å². The molecule has 1 aliphatic heterocycles. The van der Waals surface area contributed by atoms with Crippen molar-refractivity contribution in [2.75, 3.05) is 6.61 Å². The Balaban J connectivity index is 1.50. The molecule has 124 valence electrons. The van der Waals surface area contributed by atoms with Crippen LogP contribution in [0.5, 0.6) is 0 Å². The summed E-state index contributed by atoms with van der Waals surface area (Å²) in [4.78, 5) is 0. The molecule has 1 heteroatoms. The molecule has 22 heavy (non-hydrogen) atoms.